The second-order valence-corrected chi connectivity index (χ2v) is 6.52. The Morgan fingerprint density at radius 3 is 2.23 bits per heavy atom. The Hall–Kier alpha value is -1.63. The SMILES string of the molecule is CCC[n+]1c(C)cccc1-c1ccccc1C(C)(CC)CC. The number of hydrogen-bond donors (Lipinski definition) is 0. The van der Waals surface area contributed by atoms with E-state index < -0.39 is 0 Å². The third-order valence-corrected chi connectivity index (χ3v) is 5.17. The first-order chi connectivity index (χ1) is 10.6. The largest absolute Gasteiger partial charge is 0.212 e. The van der Waals surface area contributed by atoms with Gasteiger partial charge in [0.1, 0.15) is 6.54 Å². The molecule has 1 heterocycles. The summed E-state index contributed by atoms with van der Waals surface area (Å²) in [6, 6.07) is 15.6. The van der Waals surface area contributed by atoms with Crippen LogP contribution in [0.2, 0.25) is 0 Å². The fourth-order valence-corrected chi connectivity index (χ4v) is 3.27. The first-order valence-corrected chi connectivity index (χ1v) is 8.66. The van der Waals surface area contributed by atoms with E-state index in [1.54, 1.807) is 0 Å². The summed E-state index contributed by atoms with van der Waals surface area (Å²) in [6.07, 6.45) is 3.49. The number of pyridine rings is 1. The monoisotopic (exact) mass is 296 g/mol. The Kier molecular flexibility index (Phi) is 5.39. The molecule has 1 aromatic heterocycles. The average Bonchev–Trinajstić information content (AvgIpc) is 2.56. The van der Waals surface area contributed by atoms with E-state index in [1.165, 1.54) is 35.4 Å². The second-order valence-electron chi connectivity index (χ2n) is 6.52. The first-order valence-electron chi connectivity index (χ1n) is 8.66. The molecule has 1 aromatic carbocycles. The van der Waals surface area contributed by atoms with Gasteiger partial charge in [0.25, 0.3) is 0 Å². The molecule has 22 heavy (non-hydrogen) atoms. The highest BCUT2D eigenvalue weighted by Crippen LogP contribution is 2.37. The number of nitrogens with zero attached hydrogens (tertiary/aromatic N) is 1. The Balaban J connectivity index is 2.67. The zero-order chi connectivity index (χ0) is 16.2. The predicted octanol–water partition coefficient (Wildman–Crippen LogP) is 5.44. The number of hydrogen-bond acceptors (Lipinski definition) is 0. The van der Waals surface area contributed by atoms with Gasteiger partial charge in [-0.1, -0.05) is 45.9 Å². The van der Waals surface area contributed by atoms with Gasteiger partial charge in [0, 0.05) is 31.0 Å². The third-order valence-electron chi connectivity index (χ3n) is 5.17. The highest BCUT2D eigenvalue weighted by atomic mass is 15.0. The highest BCUT2D eigenvalue weighted by molar-refractivity contribution is 5.63. The van der Waals surface area contributed by atoms with Crippen LogP contribution in [0.25, 0.3) is 11.3 Å². The lowest BCUT2D eigenvalue weighted by Crippen LogP contribution is -2.39. The number of rotatable bonds is 6. The van der Waals surface area contributed by atoms with Crippen LogP contribution in [0.3, 0.4) is 0 Å². The minimum atomic E-state index is 0.240. The molecule has 118 valence electrons. The van der Waals surface area contributed by atoms with Gasteiger partial charge in [-0.25, -0.2) is 0 Å². The topological polar surface area (TPSA) is 3.88 Å². The third kappa shape index (κ3) is 3.09. The average molecular weight is 296 g/mol. The maximum absolute atomic E-state index is 2.46. The lowest BCUT2D eigenvalue weighted by Gasteiger charge is -2.29. The van der Waals surface area contributed by atoms with Crippen LogP contribution < -0.4 is 4.57 Å². The van der Waals surface area contributed by atoms with Crippen molar-refractivity contribution in [2.45, 2.75) is 65.8 Å². The van der Waals surface area contributed by atoms with E-state index in [4.69, 9.17) is 0 Å². The van der Waals surface area contributed by atoms with Gasteiger partial charge in [-0.2, -0.15) is 4.57 Å². The summed E-state index contributed by atoms with van der Waals surface area (Å²) in [5, 5.41) is 0. The van der Waals surface area contributed by atoms with E-state index in [0.717, 1.165) is 13.0 Å². The molecule has 0 bridgehead atoms. The van der Waals surface area contributed by atoms with Crippen molar-refractivity contribution in [3.8, 4) is 11.3 Å². The van der Waals surface area contributed by atoms with Gasteiger partial charge in [-0.05, 0) is 36.0 Å². The van der Waals surface area contributed by atoms with Crippen LogP contribution in [0, 0.1) is 6.92 Å². The molecule has 0 radical (unpaired) electrons. The molecule has 0 saturated heterocycles. The molecule has 0 aliphatic rings. The molecule has 0 atom stereocenters. The van der Waals surface area contributed by atoms with Crippen LogP contribution in [0.5, 0.6) is 0 Å². The zero-order valence-electron chi connectivity index (χ0n) is 14.8. The first kappa shape index (κ1) is 16.7. The Labute approximate surface area is 136 Å². The molecule has 2 rings (SSSR count). The molecule has 0 N–H and O–H groups in total. The molecule has 0 amide bonds. The minimum absolute atomic E-state index is 0.240. The van der Waals surface area contributed by atoms with Crippen LogP contribution in [0.4, 0.5) is 0 Å². The van der Waals surface area contributed by atoms with E-state index in [2.05, 4.69) is 81.7 Å². The van der Waals surface area contributed by atoms with Crippen LogP contribution in [0.15, 0.2) is 42.5 Å². The van der Waals surface area contributed by atoms with Crippen molar-refractivity contribution in [1.82, 2.24) is 0 Å². The van der Waals surface area contributed by atoms with Gasteiger partial charge in [0.05, 0.1) is 0 Å². The van der Waals surface area contributed by atoms with Gasteiger partial charge >= 0.3 is 0 Å². The van der Waals surface area contributed by atoms with Gasteiger partial charge in [0.15, 0.2) is 5.69 Å². The maximum Gasteiger partial charge on any atom is 0.212 e. The van der Waals surface area contributed by atoms with Crippen LogP contribution in [0.1, 0.15) is 58.2 Å². The van der Waals surface area contributed by atoms with E-state index in [9.17, 15) is 0 Å². The number of benzene rings is 1. The summed E-state index contributed by atoms with van der Waals surface area (Å²) in [5.41, 5.74) is 5.81. The fraction of sp³-hybridized carbons (Fsp3) is 0.476. The Bertz CT molecular complexity index is 624. The van der Waals surface area contributed by atoms with Crippen molar-refractivity contribution >= 4 is 0 Å². The minimum Gasteiger partial charge on any atom is -0.196 e. The van der Waals surface area contributed by atoms with Crippen molar-refractivity contribution in [2.75, 3.05) is 0 Å². The second kappa shape index (κ2) is 7.09. The fourth-order valence-electron chi connectivity index (χ4n) is 3.27. The lowest BCUT2D eigenvalue weighted by molar-refractivity contribution is -0.692. The van der Waals surface area contributed by atoms with Crippen LogP contribution >= 0.6 is 0 Å². The standard InChI is InChI=1S/C21H30N/c1-6-16-22-17(4)12-11-15-20(22)18-13-9-10-14-19(18)21(5,7-2)8-3/h9-15H,6-8,16H2,1-5H3/q+1. The van der Waals surface area contributed by atoms with E-state index in [-0.39, 0.29) is 5.41 Å². The number of aryl methyl sites for hydroxylation is 1. The van der Waals surface area contributed by atoms with Crippen molar-refractivity contribution in [2.24, 2.45) is 0 Å². The summed E-state index contributed by atoms with van der Waals surface area (Å²) in [5.74, 6) is 0. The van der Waals surface area contributed by atoms with E-state index in [0.29, 0.717) is 0 Å². The smallest absolute Gasteiger partial charge is 0.196 e. The summed E-state index contributed by atoms with van der Waals surface area (Å²) >= 11 is 0. The molecule has 2 aromatic rings. The predicted molar refractivity (Wildman–Crippen MR) is 95.0 cm³/mol. The normalized spacial score (nSPS) is 11.7. The van der Waals surface area contributed by atoms with Crippen molar-refractivity contribution in [3.63, 3.8) is 0 Å². The molecule has 1 heteroatoms. The quantitative estimate of drug-likeness (QED) is 0.625. The molecule has 0 saturated carbocycles. The van der Waals surface area contributed by atoms with Crippen molar-refractivity contribution in [1.29, 1.82) is 0 Å². The summed E-state index contributed by atoms with van der Waals surface area (Å²) < 4.78 is 2.46. The van der Waals surface area contributed by atoms with Crippen molar-refractivity contribution < 1.29 is 4.57 Å². The molecule has 0 spiro atoms. The van der Waals surface area contributed by atoms with Gasteiger partial charge in [-0.3, -0.25) is 0 Å². The Morgan fingerprint density at radius 1 is 0.909 bits per heavy atom. The molecule has 0 unspecified atom stereocenters. The zero-order valence-corrected chi connectivity index (χ0v) is 14.8. The summed E-state index contributed by atoms with van der Waals surface area (Å²) in [7, 11) is 0. The van der Waals surface area contributed by atoms with Crippen molar-refractivity contribution in [3.05, 3.63) is 53.7 Å². The van der Waals surface area contributed by atoms with Crippen LogP contribution in [-0.4, -0.2) is 0 Å². The summed E-state index contributed by atoms with van der Waals surface area (Å²) in [4.78, 5) is 0. The summed E-state index contributed by atoms with van der Waals surface area (Å²) in [6.45, 7) is 12.5. The molecular weight excluding hydrogens is 266 g/mol. The molecule has 0 aliphatic heterocycles. The number of aromatic nitrogens is 1. The van der Waals surface area contributed by atoms with E-state index >= 15 is 0 Å². The van der Waals surface area contributed by atoms with Gasteiger partial charge in [0.2, 0.25) is 5.69 Å². The maximum atomic E-state index is 2.46. The molecular formula is C21H30N+. The van der Waals surface area contributed by atoms with Crippen LogP contribution in [-0.2, 0) is 12.0 Å². The lowest BCUT2D eigenvalue weighted by atomic mass is 9.75. The highest BCUT2D eigenvalue weighted by Gasteiger charge is 2.28. The van der Waals surface area contributed by atoms with Gasteiger partial charge in [-0.15, -0.1) is 0 Å². The van der Waals surface area contributed by atoms with Gasteiger partial charge < -0.3 is 0 Å². The molecule has 0 fully saturated rings. The molecule has 0 aliphatic carbocycles. The van der Waals surface area contributed by atoms with E-state index in [1.807, 2.05) is 0 Å². The molecule has 1 nitrogen and oxygen atoms in total. The Morgan fingerprint density at radius 2 is 1.59 bits per heavy atom.